The molecular weight excluding hydrogens is 208 g/mol. The third-order valence-electron chi connectivity index (χ3n) is 2.43. The van der Waals surface area contributed by atoms with Crippen molar-refractivity contribution in [2.24, 2.45) is 0 Å². The fourth-order valence-corrected chi connectivity index (χ4v) is 2.84. The number of hydrogen-bond donors (Lipinski definition) is 0. The zero-order chi connectivity index (χ0) is 11.1. The zero-order valence-corrected chi connectivity index (χ0v) is 10.4. The van der Waals surface area contributed by atoms with Gasteiger partial charge in [-0.3, -0.25) is 4.79 Å². The molecule has 0 aliphatic carbocycles. The minimum Gasteiger partial charge on any atom is -0.465 e. The normalized spacial score (nSPS) is 24.4. The molecule has 0 aromatic heterocycles. The number of unbranched alkanes of at least 4 members (excludes halogenated alkanes) is 2. The van der Waals surface area contributed by atoms with Crippen molar-refractivity contribution in [3.8, 4) is 0 Å². The van der Waals surface area contributed by atoms with Gasteiger partial charge in [0.05, 0.1) is 6.61 Å². The van der Waals surface area contributed by atoms with Crippen molar-refractivity contribution < 1.29 is 9.53 Å². The Morgan fingerprint density at radius 1 is 1.33 bits per heavy atom. The Labute approximate surface area is 96.5 Å². The molecule has 0 radical (unpaired) electrons. The van der Waals surface area contributed by atoms with Crippen LogP contribution in [0.1, 0.15) is 39.5 Å². The van der Waals surface area contributed by atoms with Gasteiger partial charge in [-0.2, -0.15) is 0 Å². The van der Waals surface area contributed by atoms with Crippen LogP contribution in [0.15, 0.2) is 12.2 Å². The van der Waals surface area contributed by atoms with Crippen molar-refractivity contribution in [3.63, 3.8) is 0 Å². The van der Waals surface area contributed by atoms with Gasteiger partial charge < -0.3 is 4.74 Å². The summed E-state index contributed by atoms with van der Waals surface area (Å²) in [5.74, 6) is -0.0864. The molecule has 0 bridgehead atoms. The highest BCUT2D eigenvalue weighted by Crippen LogP contribution is 2.31. The first kappa shape index (κ1) is 12.6. The summed E-state index contributed by atoms with van der Waals surface area (Å²) in [6, 6.07) is 0. The summed E-state index contributed by atoms with van der Waals surface area (Å²) in [5.41, 5.74) is 0. The Hall–Kier alpha value is -0.440. The van der Waals surface area contributed by atoms with Crippen molar-refractivity contribution in [2.45, 2.75) is 50.0 Å². The number of rotatable bonds is 6. The Morgan fingerprint density at radius 3 is 2.80 bits per heavy atom. The Kier molecular flexibility index (Phi) is 5.84. The van der Waals surface area contributed by atoms with Gasteiger partial charge in [0.25, 0.3) is 0 Å². The van der Waals surface area contributed by atoms with E-state index in [1.807, 2.05) is 13.0 Å². The lowest BCUT2D eigenvalue weighted by Crippen LogP contribution is -2.17. The van der Waals surface area contributed by atoms with Crippen LogP contribution in [0.25, 0.3) is 0 Å². The number of thioether (sulfide) groups is 1. The van der Waals surface area contributed by atoms with E-state index in [9.17, 15) is 4.79 Å². The third kappa shape index (κ3) is 4.29. The molecule has 2 atom stereocenters. The van der Waals surface area contributed by atoms with E-state index in [-0.39, 0.29) is 11.2 Å². The van der Waals surface area contributed by atoms with Gasteiger partial charge in [-0.15, -0.1) is 11.8 Å². The van der Waals surface area contributed by atoms with Crippen LogP contribution in [0, 0.1) is 0 Å². The Balaban J connectivity index is 2.21. The number of hydrogen-bond acceptors (Lipinski definition) is 3. The minimum absolute atomic E-state index is 0.0587. The van der Waals surface area contributed by atoms with Crippen LogP contribution in [0.3, 0.4) is 0 Å². The molecule has 0 spiro atoms. The number of esters is 1. The maximum absolute atomic E-state index is 11.4. The van der Waals surface area contributed by atoms with Gasteiger partial charge in [-0.05, 0) is 13.3 Å². The van der Waals surface area contributed by atoms with Gasteiger partial charge in [0, 0.05) is 5.25 Å². The SMILES string of the molecule is CCCCCC1C=CC(C(=O)OCC)S1. The summed E-state index contributed by atoms with van der Waals surface area (Å²) in [6.45, 7) is 4.53. The van der Waals surface area contributed by atoms with E-state index in [0.717, 1.165) is 0 Å². The molecule has 1 aliphatic heterocycles. The number of carbonyl (C=O) groups is 1. The van der Waals surface area contributed by atoms with Gasteiger partial charge in [0.1, 0.15) is 5.25 Å². The van der Waals surface area contributed by atoms with Crippen LogP contribution in [0.5, 0.6) is 0 Å². The maximum Gasteiger partial charge on any atom is 0.322 e. The first-order chi connectivity index (χ1) is 7.27. The van der Waals surface area contributed by atoms with Gasteiger partial charge in [0.2, 0.25) is 0 Å². The number of carbonyl (C=O) groups excluding carboxylic acids is 1. The molecular formula is C12H20O2S. The monoisotopic (exact) mass is 228 g/mol. The largest absolute Gasteiger partial charge is 0.465 e. The lowest BCUT2D eigenvalue weighted by molar-refractivity contribution is -0.141. The van der Waals surface area contributed by atoms with E-state index >= 15 is 0 Å². The summed E-state index contributed by atoms with van der Waals surface area (Å²) in [5, 5.41) is 0.461. The second kappa shape index (κ2) is 6.94. The lowest BCUT2D eigenvalue weighted by atomic mass is 10.1. The average Bonchev–Trinajstić information content (AvgIpc) is 2.67. The second-order valence-electron chi connectivity index (χ2n) is 3.73. The first-order valence-electron chi connectivity index (χ1n) is 5.78. The molecule has 1 heterocycles. The van der Waals surface area contributed by atoms with Crippen molar-refractivity contribution >= 4 is 17.7 Å². The maximum atomic E-state index is 11.4. The molecule has 86 valence electrons. The molecule has 0 saturated heterocycles. The third-order valence-corrected chi connectivity index (χ3v) is 3.82. The van der Waals surface area contributed by atoms with Gasteiger partial charge in [-0.25, -0.2) is 0 Å². The van der Waals surface area contributed by atoms with Crippen LogP contribution in [-0.2, 0) is 9.53 Å². The molecule has 3 heteroatoms. The molecule has 1 aliphatic rings. The minimum atomic E-state index is -0.0864. The van der Waals surface area contributed by atoms with Crippen molar-refractivity contribution in [1.29, 1.82) is 0 Å². The summed E-state index contributed by atoms with van der Waals surface area (Å²) < 4.78 is 4.99. The second-order valence-corrected chi connectivity index (χ2v) is 5.11. The highest BCUT2D eigenvalue weighted by atomic mass is 32.2. The standard InChI is InChI=1S/C12H20O2S/c1-3-5-6-7-10-8-9-11(15-10)12(13)14-4-2/h8-11H,3-7H2,1-2H3. The molecule has 1 rings (SSSR count). The van der Waals surface area contributed by atoms with Crippen LogP contribution < -0.4 is 0 Å². The Bertz CT molecular complexity index is 226. The van der Waals surface area contributed by atoms with Crippen LogP contribution in [-0.4, -0.2) is 23.1 Å². The molecule has 0 fully saturated rings. The van der Waals surface area contributed by atoms with Crippen LogP contribution in [0.2, 0.25) is 0 Å². The molecule has 0 N–H and O–H groups in total. The molecule has 0 saturated carbocycles. The first-order valence-corrected chi connectivity index (χ1v) is 6.72. The van der Waals surface area contributed by atoms with E-state index in [0.29, 0.717) is 11.9 Å². The predicted molar refractivity (Wildman–Crippen MR) is 65.1 cm³/mol. The van der Waals surface area contributed by atoms with Gasteiger partial charge in [-0.1, -0.05) is 38.3 Å². The van der Waals surface area contributed by atoms with E-state index < -0.39 is 0 Å². The van der Waals surface area contributed by atoms with Crippen molar-refractivity contribution in [3.05, 3.63) is 12.2 Å². The highest BCUT2D eigenvalue weighted by molar-refractivity contribution is 8.01. The predicted octanol–water partition coefficient (Wildman–Crippen LogP) is 3.17. The van der Waals surface area contributed by atoms with E-state index in [1.54, 1.807) is 11.8 Å². The van der Waals surface area contributed by atoms with Gasteiger partial charge in [0.15, 0.2) is 0 Å². The average molecular weight is 228 g/mol. The van der Waals surface area contributed by atoms with Crippen molar-refractivity contribution in [2.75, 3.05) is 6.61 Å². The topological polar surface area (TPSA) is 26.3 Å². The zero-order valence-electron chi connectivity index (χ0n) is 9.57. The van der Waals surface area contributed by atoms with Gasteiger partial charge >= 0.3 is 5.97 Å². The van der Waals surface area contributed by atoms with E-state index in [2.05, 4.69) is 13.0 Å². The Morgan fingerprint density at radius 2 is 2.13 bits per heavy atom. The summed E-state index contributed by atoms with van der Waals surface area (Å²) >= 11 is 1.72. The molecule has 0 amide bonds. The summed E-state index contributed by atoms with van der Waals surface area (Å²) in [7, 11) is 0. The highest BCUT2D eigenvalue weighted by Gasteiger charge is 2.25. The van der Waals surface area contributed by atoms with Crippen molar-refractivity contribution in [1.82, 2.24) is 0 Å². The molecule has 2 nitrogen and oxygen atoms in total. The fourth-order valence-electron chi connectivity index (χ4n) is 1.62. The molecule has 0 aromatic carbocycles. The number of ether oxygens (including phenoxy) is 1. The summed E-state index contributed by atoms with van der Waals surface area (Å²) in [6.07, 6.45) is 9.12. The lowest BCUT2D eigenvalue weighted by Gasteiger charge is -2.10. The molecule has 0 aromatic rings. The van der Waals surface area contributed by atoms with E-state index in [4.69, 9.17) is 4.74 Å². The molecule has 15 heavy (non-hydrogen) atoms. The van der Waals surface area contributed by atoms with Crippen LogP contribution in [0.4, 0.5) is 0 Å². The quantitative estimate of drug-likeness (QED) is 0.397. The smallest absolute Gasteiger partial charge is 0.322 e. The fraction of sp³-hybridized carbons (Fsp3) is 0.750. The molecule has 2 unspecified atom stereocenters. The van der Waals surface area contributed by atoms with E-state index in [1.165, 1.54) is 25.7 Å². The van der Waals surface area contributed by atoms with Crippen LogP contribution >= 0.6 is 11.8 Å². The summed E-state index contributed by atoms with van der Waals surface area (Å²) in [4.78, 5) is 11.4.